The van der Waals surface area contributed by atoms with Gasteiger partial charge in [-0.1, -0.05) is 51.2 Å². The minimum atomic E-state index is -0.220. The van der Waals surface area contributed by atoms with Crippen LogP contribution in [0.1, 0.15) is 70.8 Å². The Morgan fingerprint density at radius 1 is 1.07 bits per heavy atom. The van der Waals surface area contributed by atoms with Crippen LogP contribution in [0.3, 0.4) is 0 Å². The van der Waals surface area contributed by atoms with Crippen LogP contribution in [-0.4, -0.2) is 31.3 Å². The Hall–Kier alpha value is -2.10. The zero-order chi connectivity index (χ0) is 19.9. The van der Waals surface area contributed by atoms with Crippen LogP contribution in [0.15, 0.2) is 35.0 Å². The molecule has 1 aliphatic carbocycles. The summed E-state index contributed by atoms with van der Waals surface area (Å²) in [7, 11) is 2.07. The molecule has 3 rings (SSSR count). The van der Waals surface area contributed by atoms with Gasteiger partial charge in [0.2, 0.25) is 11.7 Å². The number of ether oxygens (including phenoxy) is 1. The maximum absolute atomic E-state index is 12.9. The summed E-state index contributed by atoms with van der Waals surface area (Å²) < 4.78 is 6.01. The molecule has 4 nitrogen and oxygen atoms in total. The van der Waals surface area contributed by atoms with E-state index in [4.69, 9.17) is 9.73 Å². The molecular formula is C24H34N2O2. The highest BCUT2D eigenvalue weighted by molar-refractivity contribution is 6.16. The van der Waals surface area contributed by atoms with Crippen LogP contribution in [0.2, 0.25) is 0 Å². The van der Waals surface area contributed by atoms with E-state index in [1.165, 1.54) is 37.8 Å². The van der Waals surface area contributed by atoms with Gasteiger partial charge < -0.3 is 9.64 Å². The summed E-state index contributed by atoms with van der Waals surface area (Å²) >= 11 is 0. The number of hydrogen-bond donors (Lipinski definition) is 0. The van der Waals surface area contributed by atoms with E-state index in [2.05, 4.69) is 31.0 Å². The molecule has 1 heterocycles. The van der Waals surface area contributed by atoms with Gasteiger partial charge in [-0.2, -0.15) is 0 Å². The maximum atomic E-state index is 12.9. The lowest BCUT2D eigenvalue weighted by atomic mass is 9.96. The van der Waals surface area contributed by atoms with E-state index in [1.54, 1.807) is 0 Å². The maximum Gasteiger partial charge on any atom is 0.210 e. The van der Waals surface area contributed by atoms with Crippen molar-refractivity contribution in [2.24, 2.45) is 10.9 Å². The Bertz CT molecular complexity index is 713. The molecule has 1 saturated carbocycles. The molecule has 0 bridgehead atoms. The molecule has 28 heavy (non-hydrogen) atoms. The highest BCUT2D eigenvalue weighted by Gasteiger charge is 2.37. The van der Waals surface area contributed by atoms with Crippen molar-refractivity contribution in [3.05, 3.63) is 35.6 Å². The van der Waals surface area contributed by atoms with Crippen LogP contribution in [-0.2, 0) is 9.53 Å². The molecule has 1 atom stereocenters. The van der Waals surface area contributed by atoms with Gasteiger partial charge in [0, 0.05) is 19.3 Å². The zero-order valence-electron chi connectivity index (χ0n) is 17.6. The molecule has 1 aromatic carbocycles. The van der Waals surface area contributed by atoms with Gasteiger partial charge in [0.05, 0.1) is 6.04 Å². The molecule has 1 saturated heterocycles. The number of nitrogens with zero attached hydrogens (tertiary/aromatic N) is 2. The van der Waals surface area contributed by atoms with Gasteiger partial charge in [-0.15, -0.1) is 0 Å². The van der Waals surface area contributed by atoms with E-state index in [9.17, 15) is 4.79 Å². The molecule has 2 aliphatic rings. The Morgan fingerprint density at radius 2 is 1.71 bits per heavy atom. The molecular weight excluding hydrogens is 348 g/mol. The molecule has 2 fully saturated rings. The molecule has 1 aromatic rings. The summed E-state index contributed by atoms with van der Waals surface area (Å²) in [4.78, 5) is 19.9. The lowest BCUT2D eigenvalue weighted by Crippen LogP contribution is -2.18. The van der Waals surface area contributed by atoms with Crippen molar-refractivity contribution in [2.75, 3.05) is 18.5 Å². The van der Waals surface area contributed by atoms with Crippen molar-refractivity contribution in [3.63, 3.8) is 0 Å². The second kappa shape index (κ2) is 9.90. The summed E-state index contributed by atoms with van der Waals surface area (Å²) in [5, 5.41) is 0. The average Bonchev–Trinajstić information content (AvgIpc) is 2.98. The molecule has 0 N–H and O–H groups in total. The number of Topliss-reactive ketones (excluding diaryl/α,β-unsaturated/α-hetero) is 1. The standard InChI is InChI=1S/C24H34N2O2/c1-4-21-23(27)22(17-18-13-15-20(16-14-18)26(3)5-2)28-24(21)25-19-11-9-7-6-8-10-12-19/h13-17,19,21H,4-12H2,1-3H3/b22-17+,25-24+. The molecule has 0 spiro atoms. The number of aliphatic imine (C=N–C) groups is 1. The topological polar surface area (TPSA) is 41.9 Å². The third-order valence-electron chi connectivity index (χ3n) is 5.97. The number of benzene rings is 1. The highest BCUT2D eigenvalue weighted by atomic mass is 16.5. The van der Waals surface area contributed by atoms with Gasteiger partial charge >= 0.3 is 0 Å². The Labute approximate surface area is 169 Å². The monoisotopic (exact) mass is 382 g/mol. The second-order valence-corrected chi connectivity index (χ2v) is 8.01. The van der Waals surface area contributed by atoms with Gasteiger partial charge in [0.25, 0.3) is 0 Å². The fourth-order valence-corrected chi connectivity index (χ4v) is 4.00. The molecule has 1 aliphatic heterocycles. The second-order valence-electron chi connectivity index (χ2n) is 8.01. The predicted octanol–water partition coefficient (Wildman–Crippen LogP) is 5.62. The fraction of sp³-hybridized carbons (Fsp3) is 0.583. The third-order valence-corrected chi connectivity index (χ3v) is 5.97. The number of carbonyl (C=O) groups excluding carboxylic acids is 1. The van der Waals surface area contributed by atoms with E-state index in [1.807, 2.05) is 25.1 Å². The van der Waals surface area contributed by atoms with Crippen LogP contribution in [0.5, 0.6) is 0 Å². The minimum Gasteiger partial charge on any atom is -0.439 e. The Morgan fingerprint density at radius 3 is 2.32 bits per heavy atom. The summed E-state index contributed by atoms with van der Waals surface area (Å²) in [6.45, 7) is 5.13. The highest BCUT2D eigenvalue weighted by Crippen LogP contribution is 2.29. The number of ketones is 1. The van der Waals surface area contributed by atoms with Crippen molar-refractivity contribution < 1.29 is 9.53 Å². The molecule has 0 amide bonds. The van der Waals surface area contributed by atoms with E-state index >= 15 is 0 Å². The van der Waals surface area contributed by atoms with Gasteiger partial charge in [-0.3, -0.25) is 9.79 Å². The van der Waals surface area contributed by atoms with Crippen molar-refractivity contribution in [1.82, 2.24) is 0 Å². The number of hydrogen-bond acceptors (Lipinski definition) is 4. The molecule has 0 radical (unpaired) electrons. The smallest absolute Gasteiger partial charge is 0.210 e. The first-order valence-electron chi connectivity index (χ1n) is 10.9. The average molecular weight is 383 g/mol. The fourth-order valence-electron chi connectivity index (χ4n) is 4.00. The summed E-state index contributed by atoms with van der Waals surface area (Å²) in [6.07, 6.45) is 11.2. The normalized spacial score (nSPS) is 24.2. The number of rotatable bonds is 5. The van der Waals surface area contributed by atoms with Gasteiger partial charge in [0.15, 0.2) is 5.76 Å². The summed E-state index contributed by atoms with van der Waals surface area (Å²) in [5.74, 6) is 0.934. The first-order chi connectivity index (χ1) is 13.6. The van der Waals surface area contributed by atoms with Crippen LogP contribution in [0, 0.1) is 5.92 Å². The van der Waals surface area contributed by atoms with Crippen LogP contribution < -0.4 is 4.90 Å². The Balaban J connectivity index is 1.76. The van der Waals surface area contributed by atoms with Crippen molar-refractivity contribution in [1.29, 1.82) is 0 Å². The van der Waals surface area contributed by atoms with Crippen molar-refractivity contribution in [3.8, 4) is 0 Å². The van der Waals surface area contributed by atoms with Gasteiger partial charge in [0.1, 0.15) is 5.92 Å². The zero-order valence-corrected chi connectivity index (χ0v) is 17.6. The van der Waals surface area contributed by atoms with E-state index in [-0.39, 0.29) is 11.7 Å². The molecule has 152 valence electrons. The van der Waals surface area contributed by atoms with Gasteiger partial charge in [-0.05, 0) is 50.0 Å². The van der Waals surface area contributed by atoms with Crippen LogP contribution >= 0.6 is 0 Å². The van der Waals surface area contributed by atoms with Crippen molar-refractivity contribution >= 4 is 23.4 Å². The van der Waals surface area contributed by atoms with E-state index in [0.29, 0.717) is 17.7 Å². The van der Waals surface area contributed by atoms with E-state index in [0.717, 1.165) is 31.4 Å². The molecule has 4 heteroatoms. The molecule has 1 unspecified atom stereocenters. The summed E-state index contributed by atoms with van der Waals surface area (Å²) in [6, 6.07) is 8.54. The van der Waals surface area contributed by atoms with Crippen molar-refractivity contribution in [2.45, 2.75) is 71.3 Å². The summed E-state index contributed by atoms with van der Waals surface area (Å²) in [5.41, 5.74) is 2.15. The predicted molar refractivity (Wildman–Crippen MR) is 117 cm³/mol. The largest absolute Gasteiger partial charge is 0.439 e. The SMILES string of the molecule is CCC1C(=O)/C(=C\c2ccc(N(C)CC)cc2)O/C1=N/C1CCCCCCC1. The number of carbonyl (C=O) groups is 1. The number of anilines is 1. The van der Waals surface area contributed by atoms with Gasteiger partial charge in [-0.25, -0.2) is 0 Å². The lowest BCUT2D eigenvalue weighted by molar-refractivity contribution is -0.117. The first kappa shape index (κ1) is 20.6. The first-order valence-corrected chi connectivity index (χ1v) is 10.9. The Kier molecular flexibility index (Phi) is 7.30. The third kappa shape index (κ3) is 5.03. The van der Waals surface area contributed by atoms with Crippen LogP contribution in [0.4, 0.5) is 5.69 Å². The quantitative estimate of drug-likeness (QED) is 0.621. The molecule has 0 aromatic heterocycles. The lowest BCUT2D eigenvalue weighted by Gasteiger charge is -2.17. The van der Waals surface area contributed by atoms with Crippen LogP contribution in [0.25, 0.3) is 6.08 Å². The van der Waals surface area contributed by atoms with E-state index < -0.39 is 0 Å². The minimum absolute atomic E-state index is 0.0712. The number of allylic oxidation sites excluding steroid dienone is 1.